The summed E-state index contributed by atoms with van der Waals surface area (Å²) in [5.74, 6) is 0.0818. The number of nitrogens with zero attached hydrogens (tertiary/aromatic N) is 5. The molecule has 1 fully saturated rings. The van der Waals surface area contributed by atoms with Crippen molar-refractivity contribution in [1.82, 2.24) is 24.4 Å². The number of halogens is 4. The molecule has 7 rings (SSSR count). The zero-order valence-corrected chi connectivity index (χ0v) is 24.2. The number of thioether (sulfide) groups is 1. The van der Waals surface area contributed by atoms with E-state index < -0.39 is 23.2 Å². The van der Waals surface area contributed by atoms with E-state index >= 15 is 0 Å². The lowest BCUT2D eigenvalue weighted by molar-refractivity contribution is -0.137. The fraction of sp³-hybridized carbons (Fsp3) is 0.323. The Kier molecular flexibility index (Phi) is 6.73. The number of piperazine rings is 1. The standard InChI is InChI=1S/C31H28F4N6OS/c1-17-13-39(14-18(2)37-17)29-23-12-24(31(33,34)35)25(19-5-7-21(32)8-6-19)27-26(23)41(30(42)38-29)15-22(16-43-27)40-11-9-20-4-3-10-36-28(20)40/h3-12,17-18,22,37H,13-16H2,1-2H3/t17-,18+,22-/m0/s1. The number of hydrogen-bond acceptors (Lipinski definition) is 6. The third-order valence-corrected chi connectivity index (χ3v) is 9.41. The second-order valence-corrected chi connectivity index (χ2v) is 12.4. The Morgan fingerprint density at radius 3 is 2.49 bits per heavy atom. The molecular weight excluding hydrogens is 580 g/mol. The van der Waals surface area contributed by atoms with E-state index in [9.17, 15) is 22.4 Å². The summed E-state index contributed by atoms with van der Waals surface area (Å²) in [5.41, 5.74) is -0.0566. The van der Waals surface area contributed by atoms with Gasteiger partial charge < -0.3 is 14.8 Å². The van der Waals surface area contributed by atoms with Crippen LogP contribution in [0, 0.1) is 5.82 Å². The summed E-state index contributed by atoms with van der Waals surface area (Å²) < 4.78 is 62.2. The molecular formula is C31H28F4N6OS. The smallest absolute Gasteiger partial charge is 0.353 e. The van der Waals surface area contributed by atoms with Crippen LogP contribution in [0.1, 0.15) is 25.5 Å². The largest absolute Gasteiger partial charge is 0.417 e. The quantitative estimate of drug-likeness (QED) is 0.250. The van der Waals surface area contributed by atoms with Crippen LogP contribution in [0.2, 0.25) is 0 Å². The topological polar surface area (TPSA) is 68.0 Å². The molecule has 12 heteroatoms. The minimum atomic E-state index is -4.72. The first kappa shape index (κ1) is 27.9. The number of anilines is 1. The summed E-state index contributed by atoms with van der Waals surface area (Å²) in [6.07, 6.45) is -1.13. The molecule has 0 radical (unpaired) electrons. The predicted octanol–water partition coefficient (Wildman–Crippen LogP) is 6.10. The molecule has 0 saturated carbocycles. The second kappa shape index (κ2) is 10.4. The van der Waals surface area contributed by atoms with Gasteiger partial charge in [-0.1, -0.05) is 12.1 Å². The van der Waals surface area contributed by atoms with Crippen molar-refractivity contribution in [2.24, 2.45) is 0 Å². The van der Waals surface area contributed by atoms with Crippen LogP contribution in [0.4, 0.5) is 23.4 Å². The van der Waals surface area contributed by atoms with E-state index in [0.29, 0.717) is 29.3 Å². The lowest BCUT2D eigenvalue weighted by Gasteiger charge is -2.37. The van der Waals surface area contributed by atoms with Crippen LogP contribution in [0.15, 0.2) is 70.6 Å². The SMILES string of the molecule is C[C@@H]1CN(c2nc(=O)n3c4c(c(-c5ccc(F)cc5)c(C(F)(F)F)cc24)SC[C@@H](n2ccc4cccnc42)C3)C[C@H](C)N1. The summed E-state index contributed by atoms with van der Waals surface area (Å²) in [7, 11) is 0. The highest BCUT2D eigenvalue weighted by Gasteiger charge is 2.39. The Balaban J connectivity index is 1.52. The number of fused-ring (bicyclic) bond motifs is 1. The van der Waals surface area contributed by atoms with E-state index in [1.54, 1.807) is 6.20 Å². The van der Waals surface area contributed by atoms with Crippen molar-refractivity contribution < 1.29 is 17.6 Å². The Morgan fingerprint density at radius 1 is 1.02 bits per heavy atom. The van der Waals surface area contributed by atoms with Gasteiger partial charge >= 0.3 is 11.9 Å². The van der Waals surface area contributed by atoms with Crippen molar-refractivity contribution in [3.05, 3.63) is 82.8 Å². The van der Waals surface area contributed by atoms with Crippen LogP contribution in [-0.4, -0.2) is 50.0 Å². The van der Waals surface area contributed by atoms with Gasteiger partial charge in [-0.05, 0) is 55.8 Å². The van der Waals surface area contributed by atoms with Crippen molar-refractivity contribution in [2.75, 3.05) is 23.7 Å². The van der Waals surface area contributed by atoms with E-state index in [0.717, 1.165) is 29.2 Å². The number of benzene rings is 2. The van der Waals surface area contributed by atoms with Crippen LogP contribution in [0.25, 0.3) is 33.1 Å². The van der Waals surface area contributed by atoms with Crippen molar-refractivity contribution >= 4 is 39.5 Å². The lowest BCUT2D eigenvalue weighted by Crippen LogP contribution is -2.55. The molecule has 222 valence electrons. The minimum Gasteiger partial charge on any atom is -0.353 e. The van der Waals surface area contributed by atoms with Crippen molar-refractivity contribution in [2.45, 2.75) is 49.6 Å². The van der Waals surface area contributed by atoms with E-state index in [-0.39, 0.29) is 47.0 Å². The van der Waals surface area contributed by atoms with Crippen LogP contribution in [-0.2, 0) is 12.7 Å². The Hall–Kier alpha value is -3.90. The maximum atomic E-state index is 14.9. The van der Waals surface area contributed by atoms with Gasteiger partial charge in [0.1, 0.15) is 17.3 Å². The van der Waals surface area contributed by atoms with E-state index in [2.05, 4.69) is 15.3 Å². The average Bonchev–Trinajstić information content (AvgIpc) is 3.28. The zero-order valence-electron chi connectivity index (χ0n) is 23.4. The molecule has 2 aliphatic heterocycles. The minimum absolute atomic E-state index is 0.0482. The van der Waals surface area contributed by atoms with Crippen molar-refractivity contribution in [3.63, 3.8) is 0 Å². The zero-order chi connectivity index (χ0) is 30.0. The Labute approximate surface area is 248 Å². The highest BCUT2D eigenvalue weighted by molar-refractivity contribution is 7.99. The lowest BCUT2D eigenvalue weighted by atomic mass is 9.96. The number of rotatable bonds is 3. The molecule has 0 bridgehead atoms. The third-order valence-electron chi connectivity index (χ3n) is 8.18. The number of pyridine rings is 1. The Morgan fingerprint density at radius 2 is 1.77 bits per heavy atom. The van der Waals surface area contributed by atoms with Gasteiger partial charge in [-0.3, -0.25) is 4.57 Å². The summed E-state index contributed by atoms with van der Waals surface area (Å²) in [6.45, 7) is 5.17. The van der Waals surface area contributed by atoms with Crippen molar-refractivity contribution in [3.8, 4) is 11.1 Å². The van der Waals surface area contributed by atoms with Gasteiger partial charge in [0.05, 0.1) is 17.1 Å². The predicted molar refractivity (Wildman–Crippen MR) is 160 cm³/mol. The Bertz CT molecular complexity index is 1910. The molecule has 2 aliphatic rings. The molecule has 7 nitrogen and oxygen atoms in total. The summed E-state index contributed by atoms with van der Waals surface area (Å²) >= 11 is 1.28. The van der Waals surface area contributed by atoms with Crippen LogP contribution in [0.5, 0.6) is 0 Å². The molecule has 1 N–H and O–H groups in total. The highest BCUT2D eigenvalue weighted by Crippen LogP contribution is 2.49. The number of aromatic nitrogens is 4. The maximum Gasteiger partial charge on any atom is 0.417 e. The van der Waals surface area contributed by atoms with Crippen LogP contribution in [0.3, 0.4) is 0 Å². The number of nitrogens with one attached hydrogen (secondary N) is 1. The first-order valence-corrected chi connectivity index (χ1v) is 15.1. The fourth-order valence-corrected chi connectivity index (χ4v) is 7.82. The molecule has 0 spiro atoms. The fourth-order valence-electron chi connectivity index (χ4n) is 6.46. The van der Waals surface area contributed by atoms with Gasteiger partial charge in [0.15, 0.2) is 0 Å². The normalized spacial score (nSPS) is 21.0. The molecule has 3 aromatic heterocycles. The number of alkyl halides is 3. The van der Waals surface area contributed by atoms with E-state index in [4.69, 9.17) is 0 Å². The first-order chi connectivity index (χ1) is 20.6. The van der Waals surface area contributed by atoms with Gasteiger partial charge in [0.25, 0.3) is 0 Å². The van der Waals surface area contributed by atoms with Gasteiger partial charge in [-0.25, -0.2) is 14.2 Å². The van der Waals surface area contributed by atoms with Gasteiger partial charge in [-0.15, -0.1) is 11.8 Å². The van der Waals surface area contributed by atoms with Gasteiger partial charge in [0, 0.05) is 71.1 Å². The molecule has 0 unspecified atom stereocenters. The van der Waals surface area contributed by atoms with E-state index in [1.165, 1.54) is 28.5 Å². The van der Waals surface area contributed by atoms with Gasteiger partial charge in [-0.2, -0.15) is 18.2 Å². The maximum absolute atomic E-state index is 14.9. The average molecular weight is 609 g/mol. The molecule has 5 aromatic rings. The molecule has 0 aliphatic carbocycles. The molecule has 5 heterocycles. The molecule has 3 atom stereocenters. The summed E-state index contributed by atoms with van der Waals surface area (Å²) in [4.78, 5) is 25.1. The van der Waals surface area contributed by atoms with Crippen LogP contribution >= 0.6 is 11.8 Å². The summed E-state index contributed by atoms with van der Waals surface area (Å²) in [6, 6.07) is 11.7. The molecule has 43 heavy (non-hydrogen) atoms. The second-order valence-electron chi connectivity index (χ2n) is 11.3. The molecule has 1 saturated heterocycles. The van der Waals surface area contributed by atoms with Gasteiger partial charge in [0.2, 0.25) is 0 Å². The molecule has 2 aromatic carbocycles. The number of hydrogen-bond donors (Lipinski definition) is 1. The summed E-state index contributed by atoms with van der Waals surface area (Å²) in [5, 5.41) is 4.63. The van der Waals surface area contributed by atoms with Crippen molar-refractivity contribution in [1.29, 1.82) is 0 Å². The van der Waals surface area contributed by atoms with Crippen LogP contribution < -0.4 is 15.9 Å². The monoisotopic (exact) mass is 608 g/mol. The highest BCUT2D eigenvalue weighted by atomic mass is 32.2. The first-order valence-electron chi connectivity index (χ1n) is 14.1. The molecule has 0 amide bonds. The van der Waals surface area contributed by atoms with E-state index in [1.807, 2.05) is 47.7 Å². The third kappa shape index (κ3) is 4.86.